The maximum absolute atomic E-state index is 14.9. The molecule has 1 atom stereocenters. The van der Waals surface area contributed by atoms with Gasteiger partial charge in [0.05, 0.1) is 0 Å². The first-order valence-corrected chi connectivity index (χ1v) is 10.4. The Morgan fingerprint density at radius 1 is 1.13 bits per heavy atom. The zero-order valence-corrected chi connectivity index (χ0v) is 17.8. The Morgan fingerprint density at radius 3 is 2.40 bits per heavy atom. The summed E-state index contributed by atoms with van der Waals surface area (Å²) < 4.78 is 18.6. The summed E-state index contributed by atoms with van der Waals surface area (Å²) in [6, 6.07) is 13.4. The Hall–Kier alpha value is -3.13. The monoisotopic (exact) mass is 426 g/mol. The molecule has 1 N–H and O–H groups in total. The minimum absolute atomic E-state index is 0.0905. The van der Waals surface area contributed by atoms with Gasteiger partial charge in [0.15, 0.2) is 5.69 Å². The van der Waals surface area contributed by atoms with Gasteiger partial charge in [0.2, 0.25) is 5.91 Å². The van der Waals surface area contributed by atoms with Crippen molar-refractivity contribution in [1.29, 1.82) is 0 Å². The second-order valence-corrected chi connectivity index (χ2v) is 8.06. The molecular formula is C22H23FN4O2S. The molecule has 0 bridgehead atoms. The summed E-state index contributed by atoms with van der Waals surface area (Å²) >= 11 is 1.03. The minimum Gasteiger partial charge on any atom is -0.349 e. The molecule has 1 aromatic heterocycles. The Morgan fingerprint density at radius 2 is 1.80 bits per heavy atom. The van der Waals surface area contributed by atoms with Gasteiger partial charge in [-0.25, -0.2) is 4.39 Å². The van der Waals surface area contributed by atoms with Crippen molar-refractivity contribution in [1.82, 2.24) is 14.9 Å². The van der Waals surface area contributed by atoms with Crippen LogP contribution in [0.15, 0.2) is 60.0 Å². The molecule has 6 nitrogen and oxygen atoms in total. The Bertz CT molecular complexity index is 1010. The number of hydrogen-bond acceptors (Lipinski definition) is 5. The van der Waals surface area contributed by atoms with E-state index in [0.29, 0.717) is 12.1 Å². The highest BCUT2D eigenvalue weighted by atomic mass is 32.1. The van der Waals surface area contributed by atoms with E-state index in [4.69, 9.17) is 0 Å². The number of carbonyl (C=O) groups is 2. The largest absolute Gasteiger partial charge is 0.349 e. The molecule has 0 aliphatic rings. The van der Waals surface area contributed by atoms with E-state index in [9.17, 15) is 14.0 Å². The zero-order chi connectivity index (χ0) is 21.7. The van der Waals surface area contributed by atoms with Crippen LogP contribution in [-0.4, -0.2) is 26.9 Å². The van der Waals surface area contributed by atoms with Gasteiger partial charge in [-0.1, -0.05) is 47.8 Å². The molecule has 8 heteroatoms. The van der Waals surface area contributed by atoms with E-state index in [-0.39, 0.29) is 11.3 Å². The van der Waals surface area contributed by atoms with Crippen LogP contribution >= 0.6 is 11.5 Å². The molecule has 0 saturated heterocycles. The highest BCUT2D eigenvalue weighted by Crippen LogP contribution is 2.31. The number of nitrogens with zero attached hydrogens (tertiary/aromatic N) is 3. The summed E-state index contributed by atoms with van der Waals surface area (Å²) in [7, 11) is 0. The van der Waals surface area contributed by atoms with Gasteiger partial charge in [-0.3, -0.25) is 14.5 Å². The van der Waals surface area contributed by atoms with Crippen molar-refractivity contribution in [2.45, 2.75) is 38.8 Å². The van der Waals surface area contributed by atoms with Crippen LogP contribution in [0.4, 0.5) is 10.1 Å². The van der Waals surface area contributed by atoms with E-state index in [1.165, 1.54) is 22.4 Å². The number of aromatic nitrogens is 2. The number of para-hydroxylation sites is 1. The number of nitrogens with one attached hydrogen (secondary N) is 1. The standard InChI is InChI=1S/C22H23FN4O2S/c1-4-22(2,3)24-20(28)19(16-12-8-9-13-17(16)23)27(15-10-6-5-7-11-15)21(29)18-14-30-26-25-18/h5-14,19H,4H2,1-3H3,(H,24,28). The maximum Gasteiger partial charge on any atom is 0.280 e. The van der Waals surface area contributed by atoms with Gasteiger partial charge < -0.3 is 5.32 Å². The van der Waals surface area contributed by atoms with Gasteiger partial charge in [-0.15, -0.1) is 5.10 Å². The van der Waals surface area contributed by atoms with Crippen LogP contribution in [0, 0.1) is 5.82 Å². The topological polar surface area (TPSA) is 75.2 Å². The quantitative estimate of drug-likeness (QED) is 0.609. The van der Waals surface area contributed by atoms with Crippen molar-refractivity contribution in [2.24, 2.45) is 0 Å². The molecular weight excluding hydrogens is 403 g/mol. The molecule has 0 saturated carbocycles. The minimum atomic E-state index is -1.23. The molecule has 0 aliphatic carbocycles. The predicted octanol–water partition coefficient (Wildman–Crippen LogP) is 4.37. The van der Waals surface area contributed by atoms with Crippen LogP contribution in [0.1, 0.15) is 49.3 Å². The SMILES string of the molecule is CCC(C)(C)NC(=O)C(c1ccccc1F)N(C(=O)c1csnn1)c1ccccc1. The van der Waals surface area contributed by atoms with Crippen LogP contribution in [0.5, 0.6) is 0 Å². The van der Waals surface area contributed by atoms with Crippen LogP contribution in [0.3, 0.4) is 0 Å². The number of halogens is 1. The normalized spacial score (nSPS) is 12.3. The van der Waals surface area contributed by atoms with Crippen molar-refractivity contribution in [3.05, 3.63) is 77.1 Å². The molecule has 0 radical (unpaired) electrons. The van der Waals surface area contributed by atoms with E-state index in [1.807, 2.05) is 20.8 Å². The smallest absolute Gasteiger partial charge is 0.280 e. The van der Waals surface area contributed by atoms with E-state index in [1.54, 1.807) is 42.5 Å². The van der Waals surface area contributed by atoms with Crippen molar-refractivity contribution >= 4 is 29.0 Å². The Kier molecular flexibility index (Phi) is 6.56. The third-order valence-electron chi connectivity index (χ3n) is 4.88. The number of amides is 2. The average molecular weight is 427 g/mol. The van der Waals surface area contributed by atoms with Crippen LogP contribution < -0.4 is 10.2 Å². The average Bonchev–Trinajstić information content (AvgIpc) is 3.27. The Labute approximate surface area is 178 Å². The lowest BCUT2D eigenvalue weighted by atomic mass is 9.97. The summed E-state index contributed by atoms with van der Waals surface area (Å²) in [6.45, 7) is 5.70. The molecule has 2 aromatic carbocycles. The summed E-state index contributed by atoms with van der Waals surface area (Å²) in [5, 5.41) is 8.32. The number of carbonyl (C=O) groups excluding carboxylic acids is 2. The third-order valence-corrected chi connectivity index (χ3v) is 5.39. The lowest BCUT2D eigenvalue weighted by Gasteiger charge is -2.34. The van der Waals surface area contributed by atoms with E-state index in [2.05, 4.69) is 14.9 Å². The molecule has 1 heterocycles. The van der Waals surface area contributed by atoms with Gasteiger partial charge in [-0.2, -0.15) is 0 Å². The van der Waals surface area contributed by atoms with Gasteiger partial charge in [0.25, 0.3) is 5.91 Å². The zero-order valence-electron chi connectivity index (χ0n) is 17.0. The molecule has 1 unspecified atom stereocenters. The van der Waals surface area contributed by atoms with Gasteiger partial charge >= 0.3 is 0 Å². The number of benzene rings is 2. The van der Waals surface area contributed by atoms with Crippen LogP contribution in [0.2, 0.25) is 0 Å². The maximum atomic E-state index is 14.9. The highest BCUT2D eigenvalue weighted by Gasteiger charge is 2.37. The Balaban J connectivity index is 2.17. The third kappa shape index (κ3) is 4.71. The lowest BCUT2D eigenvalue weighted by molar-refractivity contribution is -0.124. The molecule has 2 amide bonds. The molecule has 30 heavy (non-hydrogen) atoms. The first kappa shape index (κ1) is 21.6. The highest BCUT2D eigenvalue weighted by molar-refractivity contribution is 7.03. The van der Waals surface area contributed by atoms with E-state index in [0.717, 1.165) is 11.5 Å². The molecule has 0 aliphatic heterocycles. The molecule has 3 rings (SSSR count). The molecule has 0 fully saturated rings. The summed E-state index contributed by atoms with van der Waals surface area (Å²) in [5.74, 6) is -1.59. The second kappa shape index (κ2) is 9.13. The van der Waals surface area contributed by atoms with E-state index < -0.39 is 29.2 Å². The summed E-state index contributed by atoms with van der Waals surface area (Å²) in [6.07, 6.45) is 0.665. The van der Waals surface area contributed by atoms with Crippen molar-refractivity contribution in [3.8, 4) is 0 Å². The van der Waals surface area contributed by atoms with Crippen molar-refractivity contribution < 1.29 is 14.0 Å². The first-order chi connectivity index (χ1) is 14.3. The first-order valence-electron chi connectivity index (χ1n) is 9.56. The number of anilines is 1. The number of hydrogen-bond donors (Lipinski definition) is 1. The van der Waals surface area contributed by atoms with Crippen LogP contribution in [-0.2, 0) is 4.79 Å². The fourth-order valence-electron chi connectivity index (χ4n) is 2.94. The summed E-state index contributed by atoms with van der Waals surface area (Å²) in [4.78, 5) is 28.1. The van der Waals surface area contributed by atoms with Crippen molar-refractivity contribution in [2.75, 3.05) is 4.90 Å². The second-order valence-electron chi connectivity index (χ2n) is 7.45. The molecule has 3 aromatic rings. The fraction of sp³-hybridized carbons (Fsp3) is 0.273. The predicted molar refractivity (Wildman–Crippen MR) is 115 cm³/mol. The fourth-order valence-corrected chi connectivity index (χ4v) is 3.37. The summed E-state index contributed by atoms with van der Waals surface area (Å²) in [5.41, 5.74) is 0.108. The number of rotatable bonds is 7. The van der Waals surface area contributed by atoms with Crippen molar-refractivity contribution in [3.63, 3.8) is 0 Å². The van der Waals surface area contributed by atoms with E-state index >= 15 is 0 Å². The van der Waals surface area contributed by atoms with Gasteiger partial charge in [0, 0.05) is 22.2 Å². The molecule has 156 valence electrons. The van der Waals surface area contributed by atoms with Crippen LogP contribution in [0.25, 0.3) is 0 Å². The van der Waals surface area contributed by atoms with Gasteiger partial charge in [-0.05, 0) is 50.0 Å². The lowest BCUT2D eigenvalue weighted by Crippen LogP contribution is -2.50. The van der Waals surface area contributed by atoms with Gasteiger partial charge in [0.1, 0.15) is 11.9 Å². The molecule has 0 spiro atoms.